The second-order valence-electron chi connectivity index (χ2n) is 4.42. The maximum atomic E-state index is 8.92. The van der Waals surface area contributed by atoms with Crippen LogP contribution in [0, 0.1) is 11.3 Å². The van der Waals surface area contributed by atoms with E-state index in [-0.39, 0.29) is 0 Å². The Labute approximate surface area is 112 Å². The van der Waals surface area contributed by atoms with Crippen LogP contribution in [-0.4, -0.2) is 22.0 Å². The average Bonchev–Trinajstić information content (AvgIpc) is 2.80. The maximum absolute atomic E-state index is 8.92. The van der Waals surface area contributed by atoms with Crippen molar-refractivity contribution in [3.05, 3.63) is 17.8 Å². The highest BCUT2D eigenvalue weighted by molar-refractivity contribution is 7.99. The molecule has 18 heavy (non-hydrogen) atoms. The van der Waals surface area contributed by atoms with Gasteiger partial charge in [-0.25, -0.2) is 4.98 Å². The Balaban J connectivity index is 2.07. The van der Waals surface area contributed by atoms with Crippen molar-refractivity contribution >= 4 is 23.3 Å². The first-order chi connectivity index (χ1) is 8.74. The summed E-state index contributed by atoms with van der Waals surface area (Å²) in [6.07, 6.45) is 3.69. The van der Waals surface area contributed by atoms with Gasteiger partial charge in [-0.05, 0) is 30.7 Å². The fraction of sp³-hybridized carbons (Fsp3) is 0.538. The van der Waals surface area contributed by atoms with Crippen LogP contribution < -0.4 is 11.1 Å². The topological polar surface area (TPSA) is 74.7 Å². The smallest absolute Gasteiger partial charge is 0.165 e. The SMILES string of the molecule is CCSC1CCCC1Nc1ccc(N)c(C#N)n1. The lowest BCUT2D eigenvalue weighted by atomic mass is 10.2. The van der Waals surface area contributed by atoms with Gasteiger partial charge in [-0.15, -0.1) is 0 Å². The molecule has 5 heteroatoms. The summed E-state index contributed by atoms with van der Waals surface area (Å²) in [6.45, 7) is 2.19. The second kappa shape index (κ2) is 5.96. The molecule has 0 saturated heterocycles. The van der Waals surface area contributed by atoms with Crippen LogP contribution in [0.5, 0.6) is 0 Å². The molecule has 1 heterocycles. The van der Waals surface area contributed by atoms with E-state index in [1.807, 2.05) is 23.9 Å². The molecule has 3 N–H and O–H groups in total. The first-order valence-electron chi connectivity index (χ1n) is 6.29. The Morgan fingerprint density at radius 1 is 1.56 bits per heavy atom. The first kappa shape index (κ1) is 13.0. The van der Waals surface area contributed by atoms with Crippen molar-refractivity contribution in [2.45, 2.75) is 37.5 Å². The molecule has 1 aromatic rings. The Kier molecular flexibility index (Phi) is 4.32. The minimum Gasteiger partial charge on any atom is -0.396 e. The molecule has 1 fully saturated rings. The lowest BCUT2D eigenvalue weighted by Crippen LogP contribution is -2.26. The molecule has 4 nitrogen and oxygen atoms in total. The largest absolute Gasteiger partial charge is 0.396 e. The molecule has 0 aliphatic heterocycles. The summed E-state index contributed by atoms with van der Waals surface area (Å²) in [6, 6.07) is 6.06. The number of pyridine rings is 1. The molecule has 1 aromatic heterocycles. The Bertz CT molecular complexity index is 455. The third kappa shape index (κ3) is 2.88. The molecule has 2 rings (SSSR count). The average molecular weight is 262 g/mol. The van der Waals surface area contributed by atoms with Crippen LogP contribution in [0.3, 0.4) is 0 Å². The molecule has 2 atom stereocenters. The van der Waals surface area contributed by atoms with Gasteiger partial charge in [-0.3, -0.25) is 0 Å². The molecule has 1 aliphatic rings. The van der Waals surface area contributed by atoms with Gasteiger partial charge in [0.05, 0.1) is 5.69 Å². The fourth-order valence-corrected chi connectivity index (χ4v) is 3.53. The molecule has 0 amide bonds. The van der Waals surface area contributed by atoms with E-state index in [4.69, 9.17) is 11.0 Å². The lowest BCUT2D eigenvalue weighted by molar-refractivity contribution is 0.762. The van der Waals surface area contributed by atoms with Crippen molar-refractivity contribution in [2.75, 3.05) is 16.8 Å². The monoisotopic (exact) mass is 262 g/mol. The number of nitrogens with zero attached hydrogens (tertiary/aromatic N) is 2. The number of thioether (sulfide) groups is 1. The van der Waals surface area contributed by atoms with E-state index < -0.39 is 0 Å². The molecular formula is C13H18N4S. The predicted octanol–water partition coefficient (Wildman–Crippen LogP) is 2.62. The van der Waals surface area contributed by atoms with Gasteiger partial charge in [0.25, 0.3) is 0 Å². The van der Waals surface area contributed by atoms with Crippen molar-refractivity contribution in [3.63, 3.8) is 0 Å². The van der Waals surface area contributed by atoms with E-state index in [1.54, 1.807) is 6.07 Å². The zero-order valence-corrected chi connectivity index (χ0v) is 11.3. The summed E-state index contributed by atoms with van der Waals surface area (Å²) >= 11 is 2.00. The highest BCUT2D eigenvalue weighted by Gasteiger charge is 2.27. The van der Waals surface area contributed by atoms with Gasteiger partial charge >= 0.3 is 0 Å². The molecule has 0 bridgehead atoms. The minimum atomic E-state index is 0.303. The Morgan fingerprint density at radius 2 is 2.39 bits per heavy atom. The van der Waals surface area contributed by atoms with Crippen molar-refractivity contribution in [2.24, 2.45) is 0 Å². The highest BCUT2D eigenvalue weighted by Crippen LogP contribution is 2.31. The van der Waals surface area contributed by atoms with Crippen LogP contribution in [0.1, 0.15) is 31.9 Å². The maximum Gasteiger partial charge on any atom is 0.165 e. The van der Waals surface area contributed by atoms with Gasteiger partial charge in [0.15, 0.2) is 5.69 Å². The number of hydrogen-bond donors (Lipinski definition) is 2. The van der Waals surface area contributed by atoms with Crippen LogP contribution in [0.15, 0.2) is 12.1 Å². The summed E-state index contributed by atoms with van der Waals surface area (Å²) in [5.74, 6) is 1.90. The van der Waals surface area contributed by atoms with Crippen LogP contribution >= 0.6 is 11.8 Å². The summed E-state index contributed by atoms with van der Waals surface area (Å²) in [5.41, 5.74) is 6.41. The zero-order chi connectivity index (χ0) is 13.0. The number of nitriles is 1. The number of nitrogens with two attached hydrogens (primary N) is 1. The summed E-state index contributed by atoms with van der Waals surface area (Å²) in [7, 11) is 0. The number of anilines is 2. The summed E-state index contributed by atoms with van der Waals surface area (Å²) in [4.78, 5) is 4.24. The highest BCUT2D eigenvalue weighted by atomic mass is 32.2. The Morgan fingerprint density at radius 3 is 3.11 bits per heavy atom. The first-order valence-corrected chi connectivity index (χ1v) is 7.34. The summed E-state index contributed by atoms with van der Waals surface area (Å²) < 4.78 is 0. The molecule has 0 spiro atoms. The van der Waals surface area contributed by atoms with Crippen molar-refractivity contribution in [3.8, 4) is 6.07 Å². The number of nitrogens with one attached hydrogen (secondary N) is 1. The predicted molar refractivity (Wildman–Crippen MR) is 76.5 cm³/mol. The number of rotatable bonds is 4. The van der Waals surface area contributed by atoms with Crippen molar-refractivity contribution in [1.82, 2.24) is 4.98 Å². The van der Waals surface area contributed by atoms with Crippen LogP contribution in [0.4, 0.5) is 11.5 Å². The molecular weight excluding hydrogens is 244 g/mol. The quantitative estimate of drug-likeness (QED) is 0.872. The minimum absolute atomic E-state index is 0.303. The number of aromatic nitrogens is 1. The lowest BCUT2D eigenvalue weighted by Gasteiger charge is -2.20. The van der Waals surface area contributed by atoms with Gasteiger partial charge in [0.1, 0.15) is 11.9 Å². The Hall–Kier alpha value is -1.41. The normalized spacial score (nSPS) is 22.7. The molecule has 96 valence electrons. The van der Waals surface area contributed by atoms with Crippen molar-refractivity contribution in [1.29, 1.82) is 5.26 Å². The fourth-order valence-electron chi connectivity index (χ4n) is 2.33. The van der Waals surface area contributed by atoms with Gasteiger partial charge in [-0.2, -0.15) is 17.0 Å². The van der Waals surface area contributed by atoms with E-state index in [1.165, 1.54) is 19.3 Å². The van der Waals surface area contributed by atoms with E-state index >= 15 is 0 Å². The molecule has 2 unspecified atom stereocenters. The van der Waals surface area contributed by atoms with Gasteiger partial charge in [0.2, 0.25) is 0 Å². The number of hydrogen-bond acceptors (Lipinski definition) is 5. The summed E-state index contributed by atoms with van der Waals surface area (Å²) in [5, 5.41) is 13.0. The molecule has 1 saturated carbocycles. The molecule has 0 radical (unpaired) electrons. The standard InChI is InChI=1S/C13H18N4S/c1-2-18-12-5-3-4-10(12)16-13-7-6-9(15)11(8-14)17-13/h6-7,10,12H,2-5,15H2,1H3,(H,16,17). The van der Waals surface area contributed by atoms with Gasteiger partial charge in [-0.1, -0.05) is 13.3 Å². The van der Waals surface area contributed by atoms with E-state index in [0.717, 1.165) is 11.6 Å². The zero-order valence-electron chi connectivity index (χ0n) is 10.5. The molecule has 1 aliphatic carbocycles. The molecule has 0 aromatic carbocycles. The van der Waals surface area contributed by atoms with E-state index in [9.17, 15) is 0 Å². The van der Waals surface area contributed by atoms with Gasteiger partial charge < -0.3 is 11.1 Å². The van der Waals surface area contributed by atoms with Crippen LogP contribution in [-0.2, 0) is 0 Å². The third-order valence-electron chi connectivity index (χ3n) is 3.20. The third-order valence-corrected chi connectivity index (χ3v) is 4.52. The van der Waals surface area contributed by atoms with Crippen LogP contribution in [0.2, 0.25) is 0 Å². The van der Waals surface area contributed by atoms with E-state index in [0.29, 0.717) is 22.7 Å². The second-order valence-corrected chi connectivity index (χ2v) is 5.94. The van der Waals surface area contributed by atoms with Crippen molar-refractivity contribution < 1.29 is 0 Å². The number of nitrogen functional groups attached to an aromatic ring is 1. The van der Waals surface area contributed by atoms with Gasteiger partial charge in [0, 0.05) is 11.3 Å². The van der Waals surface area contributed by atoms with Crippen LogP contribution in [0.25, 0.3) is 0 Å². The van der Waals surface area contributed by atoms with E-state index in [2.05, 4.69) is 17.2 Å².